The van der Waals surface area contributed by atoms with E-state index in [-0.39, 0.29) is 6.04 Å². The molecule has 17 heavy (non-hydrogen) atoms. The SMILES string of the molecule is CCn1cncc1C(CN)NCCC1CCC1. The molecule has 0 saturated heterocycles. The molecule has 1 unspecified atom stereocenters. The Morgan fingerprint density at radius 1 is 1.59 bits per heavy atom. The third-order valence-corrected chi connectivity index (χ3v) is 3.85. The lowest BCUT2D eigenvalue weighted by atomic mass is 9.83. The molecule has 96 valence electrons. The van der Waals surface area contributed by atoms with Crippen LogP contribution in [-0.2, 0) is 6.54 Å². The van der Waals surface area contributed by atoms with Gasteiger partial charge in [-0.2, -0.15) is 0 Å². The van der Waals surface area contributed by atoms with E-state index in [1.54, 1.807) is 0 Å². The van der Waals surface area contributed by atoms with Crippen molar-refractivity contribution in [2.24, 2.45) is 11.7 Å². The van der Waals surface area contributed by atoms with Gasteiger partial charge in [0.2, 0.25) is 0 Å². The van der Waals surface area contributed by atoms with Crippen LogP contribution in [0.4, 0.5) is 0 Å². The van der Waals surface area contributed by atoms with E-state index in [2.05, 4.69) is 21.8 Å². The molecule has 0 amide bonds. The van der Waals surface area contributed by atoms with Crippen molar-refractivity contribution in [1.82, 2.24) is 14.9 Å². The molecule has 1 saturated carbocycles. The molecule has 0 bridgehead atoms. The van der Waals surface area contributed by atoms with Gasteiger partial charge < -0.3 is 15.6 Å². The molecule has 1 aliphatic rings. The van der Waals surface area contributed by atoms with Gasteiger partial charge in [-0.05, 0) is 25.8 Å². The van der Waals surface area contributed by atoms with E-state index in [4.69, 9.17) is 5.73 Å². The summed E-state index contributed by atoms with van der Waals surface area (Å²) in [5.74, 6) is 0.956. The molecule has 1 atom stereocenters. The van der Waals surface area contributed by atoms with Gasteiger partial charge in [0, 0.05) is 19.3 Å². The first-order valence-corrected chi connectivity index (χ1v) is 6.78. The number of nitrogens with two attached hydrogens (primary N) is 1. The maximum Gasteiger partial charge on any atom is 0.0948 e. The standard InChI is InChI=1S/C13H24N4/c1-2-17-10-15-9-13(17)12(8-14)16-7-6-11-4-3-5-11/h9-12,16H,2-8,14H2,1H3. The van der Waals surface area contributed by atoms with Crippen molar-refractivity contribution in [2.75, 3.05) is 13.1 Å². The van der Waals surface area contributed by atoms with Gasteiger partial charge in [-0.15, -0.1) is 0 Å². The second-order valence-corrected chi connectivity index (χ2v) is 4.93. The molecular weight excluding hydrogens is 212 g/mol. The van der Waals surface area contributed by atoms with Crippen LogP contribution in [0.15, 0.2) is 12.5 Å². The summed E-state index contributed by atoms with van der Waals surface area (Å²) in [6.45, 7) is 4.79. The Morgan fingerprint density at radius 3 is 3.00 bits per heavy atom. The zero-order valence-electron chi connectivity index (χ0n) is 10.7. The van der Waals surface area contributed by atoms with Crippen LogP contribution in [0, 0.1) is 5.92 Å². The summed E-state index contributed by atoms with van der Waals surface area (Å²) in [6, 6.07) is 0.248. The fourth-order valence-electron chi connectivity index (χ4n) is 2.44. The molecule has 4 nitrogen and oxygen atoms in total. The van der Waals surface area contributed by atoms with Crippen LogP contribution in [0.5, 0.6) is 0 Å². The highest BCUT2D eigenvalue weighted by molar-refractivity contribution is 5.06. The second-order valence-electron chi connectivity index (χ2n) is 4.93. The Balaban J connectivity index is 1.82. The lowest BCUT2D eigenvalue weighted by molar-refractivity contribution is 0.287. The van der Waals surface area contributed by atoms with E-state index in [1.807, 2.05) is 12.5 Å². The van der Waals surface area contributed by atoms with E-state index in [9.17, 15) is 0 Å². The number of nitrogens with zero attached hydrogens (tertiary/aromatic N) is 2. The summed E-state index contributed by atoms with van der Waals surface area (Å²) >= 11 is 0. The second kappa shape index (κ2) is 6.17. The zero-order chi connectivity index (χ0) is 12.1. The molecule has 4 heteroatoms. The van der Waals surface area contributed by atoms with Gasteiger partial charge in [-0.3, -0.25) is 0 Å². The minimum atomic E-state index is 0.248. The first kappa shape index (κ1) is 12.6. The molecule has 0 aliphatic heterocycles. The smallest absolute Gasteiger partial charge is 0.0948 e. The van der Waals surface area contributed by atoms with Gasteiger partial charge in [0.1, 0.15) is 0 Å². The van der Waals surface area contributed by atoms with Gasteiger partial charge in [0.05, 0.1) is 18.1 Å². The first-order chi connectivity index (χ1) is 8.35. The van der Waals surface area contributed by atoms with Gasteiger partial charge in [-0.25, -0.2) is 4.98 Å². The molecule has 2 rings (SSSR count). The van der Waals surface area contributed by atoms with Crippen molar-refractivity contribution in [3.8, 4) is 0 Å². The van der Waals surface area contributed by atoms with E-state index in [0.29, 0.717) is 6.54 Å². The van der Waals surface area contributed by atoms with E-state index in [0.717, 1.165) is 19.0 Å². The number of nitrogens with one attached hydrogen (secondary N) is 1. The van der Waals surface area contributed by atoms with Crippen molar-refractivity contribution < 1.29 is 0 Å². The molecule has 1 aromatic heterocycles. The van der Waals surface area contributed by atoms with E-state index < -0.39 is 0 Å². The molecule has 1 fully saturated rings. The van der Waals surface area contributed by atoms with Crippen LogP contribution in [0.25, 0.3) is 0 Å². The Labute approximate surface area is 104 Å². The number of imidazole rings is 1. The molecule has 0 aromatic carbocycles. The summed E-state index contributed by atoms with van der Waals surface area (Å²) in [6.07, 6.45) is 9.36. The Hall–Kier alpha value is -0.870. The molecular formula is C13H24N4. The highest BCUT2D eigenvalue weighted by Gasteiger charge is 2.18. The van der Waals surface area contributed by atoms with Crippen molar-refractivity contribution in [3.05, 3.63) is 18.2 Å². The average molecular weight is 236 g/mol. The highest BCUT2D eigenvalue weighted by atomic mass is 15.1. The number of aromatic nitrogens is 2. The van der Waals surface area contributed by atoms with Crippen LogP contribution >= 0.6 is 0 Å². The minimum Gasteiger partial charge on any atom is -0.333 e. The monoisotopic (exact) mass is 236 g/mol. The predicted molar refractivity (Wildman–Crippen MR) is 69.7 cm³/mol. The van der Waals surface area contributed by atoms with Crippen molar-refractivity contribution in [2.45, 2.75) is 45.2 Å². The fourth-order valence-corrected chi connectivity index (χ4v) is 2.44. The van der Waals surface area contributed by atoms with Gasteiger partial charge >= 0.3 is 0 Å². The fraction of sp³-hybridized carbons (Fsp3) is 0.769. The van der Waals surface area contributed by atoms with Crippen molar-refractivity contribution >= 4 is 0 Å². The summed E-state index contributed by atoms with van der Waals surface area (Å²) in [7, 11) is 0. The van der Waals surface area contributed by atoms with E-state index in [1.165, 1.54) is 31.4 Å². The quantitative estimate of drug-likeness (QED) is 0.757. The molecule has 0 radical (unpaired) electrons. The van der Waals surface area contributed by atoms with Gasteiger partial charge in [0.15, 0.2) is 0 Å². The summed E-state index contributed by atoms with van der Waals surface area (Å²) in [5.41, 5.74) is 7.06. The Bertz CT molecular complexity index is 330. The molecule has 3 N–H and O–H groups in total. The molecule has 1 heterocycles. The topological polar surface area (TPSA) is 55.9 Å². The lowest BCUT2D eigenvalue weighted by Crippen LogP contribution is -2.32. The third-order valence-electron chi connectivity index (χ3n) is 3.85. The minimum absolute atomic E-state index is 0.248. The van der Waals surface area contributed by atoms with Crippen LogP contribution in [0.2, 0.25) is 0 Å². The number of hydrogen-bond acceptors (Lipinski definition) is 3. The number of rotatable bonds is 7. The number of hydrogen-bond donors (Lipinski definition) is 2. The Morgan fingerprint density at radius 2 is 2.41 bits per heavy atom. The number of aryl methyl sites for hydroxylation is 1. The van der Waals surface area contributed by atoms with Crippen molar-refractivity contribution in [3.63, 3.8) is 0 Å². The highest BCUT2D eigenvalue weighted by Crippen LogP contribution is 2.29. The van der Waals surface area contributed by atoms with Crippen LogP contribution in [0.3, 0.4) is 0 Å². The predicted octanol–water partition coefficient (Wildman–Crippen LogP) is 1.68. The zero-order valence-corrected chi connectivity index (χ0v) is 10.7. The van der Waals surface area contributed by atoms with Crippen LogP contribution < -0.4 is 11.1 Å². The maximum absolute atomic E-state index is 5.85. The van der Waals surface area contributed by atoms with Crippen LogP contribution in [-0.4, -0.2) is 22.6 Å². The largest absolute Gasteiger partial charge is 0.333 e. The first-order valence-electron chi connectivity index (χ1n) is 6.78. The maximum atomic E-state index is 5.85. The molecule has 0 spiro atoms. The normalized spacial score (nSPS) is 18.0. The van der Waals surface area contributed by atoms with E-state index >= 15 is 0 Å². The van der Waals surface area contributed by atoms with Gasteiger partial charge in [-0.1, -0.05) is 19.3 Å². The lowest BCUT2D eigenvalue weighted by Gasteiger charge is -2.26. The van der Waals surface area contributed by atoms with Crippen molar-refractivity contribution in [1.29, 1.82) is 0 Å². The summed E-state index contributed by atoms with van der Waals surface area (Å²) in [4.78, 5) is 4.20. The Kier molecular flexibility index (Phi) is 4.57. The average Bonchev–Trinajstić information content (AvgIpc) is 2.75. The summed E-state index contributed by atoms with van der Waals surface area (Å²) < 4.78 is 2.16. The molecule has 1 aliphatic carbocycles. The summed E-state index contributed by atoms with van der Waals surface area (Å²) in [5, 5.41) is 3.56. The third kappa shape index (κ3) is 3.07. The molecule has 1 aromatic rings. The van der Waals surface area contributed by atoms with Crippen LogP contribution in [0.1, 0.15) is 44.3 Å². The van der Waals surface area contributed by atoms with Gasteiger partial charge in [0.25, 0.3) is 0 Å².